The third-order valence-electron chi connectivity index (χ3n) is 6.83. The van der Waals surface area contributed by atoms with Gasteiger partial charge in [-0.3, -0.25) is 0 Å². The quantitative estimate of drug-likeness (QED) is 0.265. The smallest absolute Gasteiger partial charge is 0.227 e. The van der Waals surface area contributed by atoms with Gasteiger partial charge in [0.2, 0.25) is 5.89 Å². The number of furan rings is 1. The zero-order chi connectivity index (χ0) is 22.9. The van der Waals surface area contributed by atoms with E-state index in [-0.39, 0.29) is 0 Å². The van der Waals surface area contributed by atoms with Gasteiger partial charge in [-0.2, -0.15) is 0 Å². The lowest BCUT2D eigenvalue weighted by Crippen LogP contribution is -1.92. The fourth-order valence-electron chi connectivity index (χ4n) is 5.29. The summed E-state index contributed by atoms with van der Waals surface area (Å²) in [5.74, 6) is 0.608. The molecule has 8 aromatic rings. The van der Waals surface area contributed by atoms with E-state index in [0.717, 1.165) is 49.8 Å². The van der Waals surface area contributed by atoms with Crippen molar-refractivity contribution in [2.45, 2.75) is 0 Å². The number of rotatable bonds is 2. The summed E-state index contributed by atoms with van der Waals surface area (Å²) in [6.07, 6.45) is 0. The number of hydrogen-bond donors (Lipinski definition) is 0. The molecule has 4 nitrogen and oxygen atoms in total. The highest BCUT2D eigenvalue weighted by molar-refractivity contribution is 6.17. The van der Waals surface area contributed by atoms with E-state index < -0.39 is 0 Å². The fourth-order valence-corrected chi connectivity index (χ4v) is 5.29. The van der Waals surface area contributed by atoms with Crippen LogP contribution in [0.4, 0.5) is 0 Å². The topological polar surface area (TPSA) is 44.1 Å². The molecule has 0 N–H and O–H groups in total. The van der Waals surface area contributed by atoms with Crippen molar-refractivity contribution in [2.24, 2.45) is 0 Å². The minimum Gasteiger partial charge on any atom is -0.456 e. The van der Waals surface area contributed by atoms with Crippen LogP contribution in [0.5, 0.6) is 0 Å². The van der Waals surface area contributed by atoms with Crippen LogP contribution in [0, 0.1) is 0 Å². The van der Waals surface area contributed by atoms with Crippen molar-refractivity contribution in [3.05, 3.63) is 109 Å². The molecule has 164 valence electrons. The van der Waals surface area contributed by atoms with Crippen LogP contribution in [0.25, 0.3) is 72.0 Å². The molecular formula is C31H18N2O2. The molecule has 0 aliphatic heterocycles. The largest absolute Gasteiger partial charge is 0.456 e. The fraction of sp³-hybridized carbons (Fsp3) is 0. The van der Waals surface area contributed by atoms with E-state index in [4.69, 9.17) is 13.8 Å². The summed E-state index contributed by atoms with van der Waals surface area (Å²) in [4.78, 5) is 4.95. The van der Waals surface area contributed by atoms with Crippen LogP contribution in [0.2, 0.25) is 0 Å². The lowest BCUT2D eigenvalue weighted by Gasteiger charge is -2.07. The van der Waals surface area contributed by atoms with Crippen molar-refractivity contribution in [1.82, 2.24) is 9.55 Å². The number of nitrogens with zero attached hydrogens (tertiary/aromatic N) is 2. The highest BCUT2D eigenvalue weighted by atomic mass is 16.4. The van der Waals surface area contributed by atoms with E-state index in [0.29, 0.717) is 5.89 Å². The number of benzene rings is 5. The van der Waals surface area contributed by atoms with Crippen LogP contribution < -0.4 is 0 Å². The third-order valence-corrected chi connectivity index (χ3v) is 6.83. The monoisotopic (exact) mass is 450 g/mol. The zero-order valence-electron chi connectivity index (χ0n) is 18.6. The maximum atomic E-state index is 6.27. The Labute approximate surface area is 199 Å². The minimum absolute atomic E-state index is 0.608. The van der Waals surface area contributed by atoms with Gasteiger partial charge >= 0.3 is 0 Å². The Kier molecular flexibility index (Phi) is 3.63. The zero-order valence-corrected chi connectivity index (χ0v) is 18.6. The number of hydrogen-bond acceptors (Lipinski definition) is 3. The first kappa shape index (κ1) is 18.6. The van der Waals surface area contributed by atoms with Crippen molar-refractivity contribution < 1.29 is 8.83 Å². The van der Waals surface area contributed by atoms with Crippen LogP contribution in [0.15, 0.2) is 118 Å². The van der Waals surface area contributed by atoms with Gasteiger partial charge in [0.25, 0.3) is 0 Å². The SMILES string of the molecule is c1ccc(-n2c3ccccc3c3cc(-c4nc5c(ccc6oc7ccccc7c65)o4)ccc32)cc1. The van der Waals surface area contributed by atoms with E-state index in [9.17, 15) is 0 Å². The van der Waals surface area contributed by atoms with Gasteiger partial charge in [-0.1, -0.05) is 54.6 Å². The van der Waals surface area contributed by atoms with Gasteiger partial charge in [0.1, 0.15) is 16.7 Å². The highest BCUT2D eigenvalue weighted by Crippen LogP contribution is 2.38. The Balaban J connectivity index is 1.39. The van der Waals surface area contributed by atoms with E-state index in [1.54, 1.807) is 0 Å². The van der Waals surface area contributed by atoms with Gasteiger partial charge in [-0.25, -0.2) is 4.98 Å². The maximum absolute atomic E-state index is 6.27. The van der Waals surface area contributed by atoms with Gasteiger partial charge < -0.3 is 13.4 Å². The molecule has 0 fully saturated rings. The molecular weight excluding hydrogens is 432 g/mol. The average Bonchev–Trinajstić information content (AvgIpc) is 3.60. The van der Waals surface area contributed by atoms with Crippen molar-refractivity contribution in [3.63, 3.8) is 0 Å². The highest BCUT2D eigenvalue weighted by Gasteiger charge is 2.18. The minimum atomic E-state index is 0.608. The molecule has 5 aromatic carbocycles. The standard InChI is InChI=1S/C31H18N2O2/c1-2-8-20(9-3-1)33-24-12-6-4-10-21(24)23-18-19(14-15-25(23)33)31-32-30-28(35-31)17-16-27-29(30)22-11-5-7-13-26(22)34-27/h1-18H. The Hall–Kier alpha value is -4.83. The predicted octanol–water partition coefficient (Wildman–Crippen LogP) is 8.49. The normalized spacial score (nSPS) is 12.0. The summed E-state index contributed by atoms with van der Waals surface area (Å²) in [6.45, 7) is 0. The van der Waals surface area contributed by atoms with Gasteiger partial charge in [0.05, 0.1) is 16.4 Å². The van der Waals surface area contributed by atoms with E-state index in [1.807, 2.05) is 36.4 Å². The molecule has 0 atom stereocenters. The second-order valence-corrected chi connectivity index (χ2v) is 8.82. The molecule has 8 rings (SSSR count). The molecule has 0 radical (unpaired) electrons. The average molecular weight is 450 g/mol. The van der Waals surface area contributed by atoms with Crippen LogP contribution >= 0.6 is 0 Å². The van der Waals surface area contributed by atoms with Gasteiger partial charge in [0, 0.05) is 27.4 Å². The van der Waals surface area contributed by atoms with Crippen molar-refractivity contribution in [3.8, 4) is 17.1 Å². The Morgan fingerprint density at radius 2 is 1.29 bits per heavy atom. The summed E-state index contributed by atoms with van der Waals surface area (Å²) >= 11 is 0. The van der Waals surface area contributed by atoms with Gasteiger partial charge in [0.15, 0.2) is 5.58 Å². The Morgan fingerprint density at radius 3 is 2.20 bits per heavy atom. The molecule has 3 heterocycles. The van der Waals surface area contributed by atoms with Crippen molar-refractivity contribution in [2.75, 3.05) is 0 Å². The summed E-state index contributed by atoms with van der Waals surface area (Å²) in [5, 5.41) is 4.42. The molecule has 3 aromatic heterocycles. The molecule has 0 aliphatic carbocycles. The Bertz CT molecular complexity index is 2060. The van der Waals surface area contributed by atoms with E-state index >= 15 is 0 Å². The first-order valence-electron chi connectivity index (χ1n) is 11.6. The van der Waals surface area contributed by atoms with Crippen LogP contribution in [0.1, 0.15) is 0 Å². The van der Waals surface area contributed by atoms with E-state index in [2.05, 4.69) is 77.4 Å². The summed E-state index contributed by atoms with van der Waals surface area (Å²) < 4.78 is 14.6. The number of aromatic nitrogens is 2. The van der Waals surface area contributed by atoms with Crippen molar-refractivity contribution >= 4 is 54.8 Å². The molecule has 0 unspecified atom stereocenters. The molecule has 35 heavy (non-hydrogen) atoms. The second-order valence-electron chi connectivity index (χ2n) is 8.82. The molecule has 0 spiro atoms. The number of oxazole rings is 1. The summed E-state index contributed by atoms with van der Waals surface area (Å²) in [6, 6.07) is 37.4. The predicted molar refractivity (Wildman–Crippen MR) is 141 cm³/mol. The summed E-state index contributed by atoms with van der Waals surface area (Å²) in [7, 11) is 0. The summed E-state index contributed by atoms with van der Waals surface area (Å²) in [5.41, 5.74) is 7.68. The molecule has 0 saturated heterocycles. The Morgan fingerprint density at radius 1 is 0.543 bits per heavy atom. The molecule has 4 heteroatoms. The van der Waals surface area contributed by atoms with Crippen LogP contribution in [-0.2, 0) is 0 Å². The van der Waals surface area contributed by atoms with Crippen molar-refractivity contribution in [1.29, 1.82) is 0 Å². The first-order chi connectivity index (χ1) is 17.3. The maximum Gasteiger partial charge on any atom is 0.227 e. The van der Waals surface area contributed by atoms with Gasteiger partial charge in [-0.15, -0.1) is 0 Å². The third kappa shape index (κ3) is 2.59. The molecule has 0 bridgehead atoms. The van der Waals surface area contributed by atoms with Crippen LogP contribution in [-0.4, -0.2) is 9.55 Å². The lowest BCUT2D eigenvalue weighted by atomic mass is 10.1. The van der Waals surface area contributed by atoms with E-state index in [1.165, 1.54) is 16.3 Å². The molecule has 0 aliphatic rings. The van der Waals surface area contributed by atoms with Gasteiger partial charge in [-0.05, 0) is 54.6 Å². The second kappa shape index (κ2) is 6.84. The molecule has 0 saturated carbocycles. The number of fused-ring (bicyclic) bond motifs is 8. The first-order valence-corrected chi connectivity index (χ1v) is 11.6. The lowest BCUT2D eigenvalue weighted by molar-refractivity contribution is 0.619. The van der Waals surface area contributed by atoms with Crippen LogP contribution in [0.3, 0.4) is 0 Å². The molecule has 0 amide bonds. The number of para-hydroxylation sites is 3.